The van der Waals surface area contributed by atoms with Crippen LogP contribution in [0.25, 0.3) is 0 Å². The number of ether oxygens (including phenoxy) is 2. The van der Waals surface area contributed by atoms with E-state index in [1.54, 1.807) is 50.2 Å². The first kappa shape index (κ1) is 20.6. The molecule has 7 heteroatoms. The summed E-state index contributed by atoms with van der Waals surface area (Å²) in [5.74, 6) is 0.0902. The molecule has 0 heterocycles. The summed E-state index contributed by atoms with van der Waals surface area (Å²) >= 11 is 5.99. The van der Waals surface area contributed by atoms with Crippen molar-refractivity contribution >= 4 is 34.8 Å². The predicted molar refractivity (Wildman–Crippen MR) is 107 cm³/mol. The lowest BCUT2D eigenvalue weighted by Gasteiger charge is -2.24. The first-order valence-corrected chi connectivity index (χ1v) is 8.68. The number of amides is 2. The van der Waals surface area contributed by atoms with Crippen LogP contribution in [0, 0.1) is 12.3 Å². The van der Waals surface area contributed by atoms with E-state index in [4.69, 9.17) is 21.1 Å². The fraction of sp³-hybridized carbons (Fsp3) is 0.300. The van der Waals surface area contributed by atoms with Gasteiger partial charge in [-0.25, -0.2) is 0 Å². The maximum Gasteiger partial charge on any atom is 0.239 e. The number of nitrogens with one attached hydrogen (secondary N) is 2. The fourth-order valence-electron chi connectivity index (χ4n) is 2.30. The summed E-state index contributed by atoms with van der Waals surface area (Å²) in [5, 5.41) is 6.01. The number of aryl methyl sites for hydroxylation is 1. The first-order valence-electron chi connectivity index (χ1n) is 8.30. The van der Waals surface area contributed by atoms with Gasteiger partial charge in [0.05, 0.1) is 19.9 Å². The molecular weight excluding hydrogens is 368 g/mol. The molecule has 0 saturated carbocycles. The van der Waals surface area contributed by atoms with E-state index < -0.39 is 17.2 Å². The zero-order valence-corrected chi connectivity index (χ0v) is 16.7. The molecule has 144 valence electrons. The van der Waals surface area contributed by atoms with Crippen LogP contribution in [-0.4, -0.2) is 26.0 Å². The number of carbonyl (C=O) groups is 2. The van der Waals surface area contributed by atoms with Crippen molar-refractivity contribution in [3.63, 3.8) is 0 Å². The smallest absolute Gasteiger partial charge is 0.239 e. The van der Waals surface area contributed by atoms with E-state index in [0.29, 0.717) is 27.9 Å². The Morgan fingerprint density at radius 1 is 0.926 bits per heavy atom. The highest BCUT2D eigenvalue weighted by Crippen LogP contribution is 2.31. The van der Waals surface area contributed by atoms with Crippen molar-refractivity contribution in [2.75, 3.05) is 24.9 Å². The molecule has 0 aliphatic rings. The lowest BCUT2D eigenvalue weighted by molar-refractivity contribution is -0.135. The Labute approximate surface area is 163 Å². The minimum absolute atomic E-state index is 0.418. The van der Waals surface area contributed by atoms with Crippen LogP contribution in [0.1, 0.15) is 19.4 Å². The third-order valence-corrected chi connectivity index (χ3v) is 4.47. The Kier molecular flexibility index (Phi) is 6.33. The fourth-order valence-corrected chi connectivity index (χ4v) is 2.47. The summed E-state index contributed by atoms with van der Waals surface area (Å²) in [6.07, 6.45) is 0. The number of halogens is 1. The number of hydrogen-bond acceptors (Lipinski definition) is 4. The average molecular weight is 391 g/mol. The Bertz CT molecular complexity index is 865. The molecule has 0 saturated heterocycles. The molecule has 0 aliphatic heterocycles. The highest BCUT2D eigenvalue weighted by Gasteiger charge is 2.36. The summed E-state index contributed by atoms with van der Waals surface area (Å²) in [5.41, 5.74) is 0.482. The van der Waals surface area contributed by atoms with Gasteiger partial charge in [-0.3, -0.25) is 9.59 Å². The normalized spacial score (nSPS) is 10.9. The SMILES string of the molecule is COc1ccc(OC)c(NC(=O)C(C)(C)C(=O)Nc2cc(Cl)ccc2C)c1. The molecule has 0 unspecified atom stereocenters. The summed E-state index contributed by atoms with van der Waals surface area (Å²) in [4.78, 5) is 25.5. The summed E-state index contributed by atoms with van der Waals surface area (Å²) in [6.45, 7) is 4.94. The van der Waals surface area contributed by atoms with Crippen molar-refractivity contribution in [2.24, 2.45) is 5.41 Å². The van der Waals surface area contributed by atoms with E-state index in [1.807, 2.05) is 6.92 Å². The van der Waals surface area contributed by atoms with Gasteiger partial charge in [-0.2, -0.15) is 0 Å². The van der Waals surface area contributed by atoms with Gasteiger partial charge in [0, 0.05) is 16.8 Å². The van der Waals surface area contributed by atoms with Crippen molar-refractivity contribution in [3.8, 4) is 11.5 Å². The Morgan fingerprint density at radius 2 is 1.56 bits per heavy atom. The van der Waals surface area contributed by atoms with Crippen molar-refractivity contribution in [3.05, 3.63) is 47.0 Å². The van der Waals surface area contributed by atoms with Crippen LogP contribution in [0.3, 0.4) is 0 Å². The van der Waals surface area contributed by atoms with Gasteiger partial charge in [0.1, 0.15) is 16.9 Å². The van der Waals surface area contributed by atoms with Gasteiger partial charge in [-0.1, -0.05) is 17.7 Å². The second kappa shape index (κ2) is 8.31. The predicted octanol–water partition coefficient (Wildman–Crippen LogP) is 4.27. The third kappa shape index (κ3) is 4.71. The van der Waals surface area contributed by atoms with Gasteiger partial charge in [0.2, 0.25) is 11.8 Å². The molecule has 6 nitrogen and oxygen atoms in total. The number of methoxy groups -OCH3 is 2. The molecule has 0 bridgehead atoms. The molecule has 0 spiro atoms. The average Bonchev–Trinajstić information content (AvgIpc) is 2.64. The molecule has 2 rings (SSSR count). The minimum Gasteiger partial charge on any atom is -0.497 e. The Hall–Kier alpha value is -2.73. The Morgan fingerprint density at radius 3 is 2.15 bits per heavy atom. The minimum atomic E-state index is -1.34. The zero-order chi connectivity index (χ0) is 20.2. The molecule has 27 heavy (non-hydrogen) atoms. The van der Waals surface area contributed by atoms with Crippen molar-refractivity contribution in [2.45, 2.75) is 20.8 Å². The van der Waals surface area contributed by atoms with Gasteiger partial charge in [-0.05, 0) is 50.6 Å². The number of anilines is 2. The van der Waals surface area contributed by atoms with Crippen LogP contribution in [0.2, 0.25) is 5.02 Å². The first-order chi connectivity index (χ1) is 12.7. The Balaban J connectivity index is 2.21. The second-order valence-electron chi connectivity index (χ2n) is 6.56. The molecule has 0 radical (unpaired) electrons. The van der Waals surface area contributed by atoms with Gasteiger partial charge in [-0.15, -0.1) is 0 Å². The number of rotatable bonds is 6. The van der Waals surface area contributed by atoms with Crippen molar-refractivity contribution in [1.82, 2.24) is 0 Å². The zero-order valence-electron chi connectivity index (χ0n) is 16.0. The summed E-state index contributed by atoms with van der Waals surface area (Å²) in [6, 6.07) is 10.2. The van der Waals surface area contributed by atoms with Gasteiger partial charge in [0.25, 0.3) is 0 Å². The molecule has 0 aliphatic carbocycles. The number of benzene rings is 2. The van der Waals surface area contributed by atoms with Crippen LogP contribution in [0.15, 0.2) is 36.4 Å². The standard InChI is InChI=1S/C20H23ClN2O4/c1-12-6-7-13(21)10-15(12)22-18(24)20(2,3)19(25)23-16-11-14(26-4)8-9-17(16)27-5/h6-11H,1-5H3,(H,22,24)(H,23,25). The van der Waals surface area contributed by atoms with E-state index in [2.05, 4.69) is 10.6 Å². The topological polar surface area (TPSA) is 76.7 Å². The molecule has 0 fully saturated rings. The van der Waals surface area contributed by atoms with E-state index in [9.17, 15) is 9.59 Å². The molecule has 0 aromatic heterocycles. The van der Waals surface area contributed by atoms with Gasteiger partial charge < -0.3 is 20.1 Å². The maximum atomic E-state index is 12.8. The molecule has 0 atom stereocenters. The van der Waals surface area contributed by atoms with E-state index >= 15 is 0 Å². The molecule has 2 amide bonds. The van der Waals surface area contributed by atoms with E-state index in [-0.39, 0.29) is 0 Å². The van der Waals surface area contributed by atoms with Crippen molar-refractivity contribution < 1.29 is 19.1 Å². The maximum absolute atomic E-state index is 12.8. The quantitative estimate of drug-likeness (QED) is 0.722. The summed E-state index contributed by atoms with van der Waals surface area (Å²) in [7, 11) is 3.02. The molecule has 2 N–H and O–H groups in total. The lowest BCUT2D eigenvalue weighted by Crippen LogP contribution is -2.41. The van der Waals surface area contributed by atoms with Gasteiger partial charge >= 0.3 is 0 Å². The highest BCUT2D eigenvalue weighted by atomic mass is 35.5. The van der Waals surface area contributed by atoms with Gasteiger partial charge in [0.15, 0.2) is 0 Å². The van der Waals surface area contributed by atoms with Crippen molar-refractivity contribution in [1.29, 1.82) is 0 Å². The molecule has 2 aromatic rings. The molecular formula is C20H23ClN2O4. The lowest BCUT2D eigenvalue weighted by atomic mass is 9.90. The number of hydrogen-bond donors (Lipinski definition) is 2. The second-order valence-corrected chi connectivity index (χ2v) is 7.00. The van der Waals surface area contributed by atoms with Crippen LogP contribution >= 0.6 is 11.6 Å². The monoisotopic (exact) mass is 390 g/mol. The molecule has 2 aromatic carbocycles. The highest BCUT2D eigenvalue weighted by molar-refractivity contribution is 6.31. The van der Waals surface area contributed by atoms with E-state index in [1.165, 1.54) is 14.2 Å². The van der Waals surface area contributed by atoms with Crippen LogP contribution in [0.4, 0.5) is 11.4 Å². The summed E-state index contributed by atoms with van der Waals surface area (Å²) < 4.78 is 10.4. The number of carbonyl (C=O) groups excluding carboxylic acids is 2. The third-order valence-electron chi connectivity index (χ3n) is 4.24. The van der Waals surface area contributed by atoms with Crippen LogP contribution < -0.4 is 20.1 Å². The van der Waals surface area contributed by atoms with E-state index in [0.717, 1.165) is 5.56 Å². The van der Waals surface area contributed by atoms with Crippen LogP contribution in [-0.2, 0) is 9.59 Å². The van der Waals surface area contributed by atoms with Crippen LogP contribution in [0.5, 0.6) is 11.5 Å². The largest absolute Gasteiger partial charge is 0.497 e.